The molecule has 0 aliphatic carbocycles. The predicted octanol–water partition coefficient (Wildman–Crippen LogP) is 4.55. The summed E-state index contributed by atoms with van der Waals surface area (Å²) >= 11 is 0. The highest BCUT2D eigenvalue weighted by Gasteiger charge is 2.37. The molecule has 2 aromatic rings. The largest absolute Gasteiger partial charge is 0.468 e. The summed E-state index contributed by atoms with van der Waals surface area (Å²) in [5, 5.41) is 7.94. The van der Waals surface area contributed by atoms with E-state index < -0.39 is 61.4 Å². The molecule has 0 unspecified atom stereocenters. The Labute approximate surface area is 308 Å². The van der Waals surface area contributed by atoms with Crippen molar-refractivity contribution >= 4 is 54.7 Å². The first-order chi connectivity index (χ1) is 24.3. The van der Waals surface area contributed by atoms with Gasteiger partial charge in [-0.3, -0.25) is 29.0 Å². The van der Waals surface area contributed by atoms with Gasteiger partial charge in [0.2, 0.25) is 11.8 Å². The second kappa shape index (κ2) is 18.6. The second-order valence-corrected chi connectivity index (χ2v) is 20.9. The first-order valence-electron chi connectivity index (χ1n) is 17.9. The van der Waals surface area contributed by atoms with Crippen LogP contribution in [0.5, 0.6) is 0 Å². The van der Waals surface area contributed by atoms with Crippen molar-refractivity contribution in [1.29, 1.82) is 0 Å². The summed E-state index contributed by atoms with van der Waals surface area (Å²) in [5.74, 6) is -2.47. The molecule has 0 radical (unpaired) electrons. The van der Waals surface area contributed by atoms with Gasteiger partial charge in [0, 0.05) is 33.5 Å². The number of esters is 2. The van der Waals surface area contributed by atoms with E-state index in [9.17, 15) is 24.0 Å². The molecule has 0 spiro atoms. The van der Waals surface area contributed by atoms with Crippen molar-refractivity contribution in [1.82, 2.24) is 26.1 Å². The van der Waals surface area contributed by atoms with Gasteiger partial charge in [-0.15, -0.1) is 0 Å². The molecule has 52 heavy (non-hydrogen) atoms. The fraction of sp³-hybridized carbons (Fsp3) is 0.579. The van der Waals surface area contributed by atoms with Crippen LogP contribution in [0.1, 0.15) is 71.7 Å². The van der Waals surface area contributed by atoms with Gasteiger partial charge in [0.05, 0.1) is 30.3 Å². The first kappa shape index (κ1) is 42.3. The van der Waals surface area contributed by atoms with Gasteiger partial charge >= 0.3 is 11.9 Å². The van der Waals surface area contributed by atoms with Crippen molar-refractivity contribution in [2.75, 3.05) is 26.9 Å². The molecule has 3 amide bonds. The van der Waals surface area contributed by atoms with Crippen LogP contribution in [0.25, 0.3) is 17.0 Å². The fourth-order valence-corrected chi connectivity index (χ4v) is 6.38. The van der Waals surface area contributed by atoms with Crippen LogP contribution < -0.4 is 16.1 Å². The third-order valence-corrected chi connectivity index (χ3v) is 10.7. The Morgan fingerprint density at radius 2 is 1.77 bits per heavy atom. The van der Waals surface area contributed by atoms with Gasteiger partial charge in [-0.1, -0.05) is 63.8 Å². The van der Waals surface area contributed by atoms with Crippen LogP contribution in [-0.4, -0.2) is 92.7 Å². The number of nitrogens with one attached hydrogen (secondary N) is 3. The van der Waals surface area contributed by atoms with Gasteiger partial charge in [-0.2, -0.15) is 0 Å². The van der Waals surface area contributed by atoms with Gasteiger partial charge in [-0.05, 0) is 63.3 Å². The number of nitrogens with zero attached hydrogens (tertiary/aromatic N) is 2. The maximum absolute atomic E-state index is 14.1. The van der Waals surface area contributed by atoms with Crippen molar-refractivity contribution in [3.8, 4) is 0 Å². The molecule has 3 rings (SSSR count). The normalized spacial score (nSPS) is 18.0. The Hall–Kier alpha value is -4.14. The lowest BCUT2D eigenvalue weighted by Crippen LogP contribution is -2.61. The zero-order valence-electron chi connectivity index (χ0n) is 32.3. The van der Waals surface area contributed by atoms with Crippen molar-refractivity contribution in [2.24, 2.45) is 11.3 Å². The van der Waals surface area contributed by atoms with Crippen LogP contribution in [0, 0.1) is 11.3 Å². The lowest BCUT2D eigenvalue weighted by atomic mass is 9.88. The number of carbonyl (C=O) groups excluding carboxylic acids is 5. The highest BCUT2D eigenvalue weighted by atomic mass is 28.3. The summed E-state index contributed by atoms with van der Waals surface area (Å²) in [6, 6.07) is 7.90. The Morgan fingerprint density at radius 3 is 2.40 bits per heavy atom. The zero-order valence-corrected chi connectivity index (χ0v) is 33.3. The van der Waals surface area contributed by atoms with E-state index >= 15 is 0 Å². The van der Waals surface area contributed by atoms with Crippen molar-refractivity contribution in [3.63, 3.8) is 0 Å². The Balaban J connectivity index is 1.81. The van der Waals surface area contributed by atoms with Gasteiger partial charge in [0.15, 0.2) is 0 Å². The minimum atomic E-state index is -1.39. The fourth-order valence-electron chi connectivity index (χ4n) is 5.62. The SMILES string of the molecule is COC(=O)[C@@H]1CCCN(C(=O)[C@H](C)NC(=O)[C@@H](NC(=O)[C@@](C)(/C=C/c2ccc3ccc([C@@H](C)OC(C)=O)nc3c2)COCC[Si](C)(C)C)C(C)C)N1. The number of methoxy groups -OCH3 is 1. The minimum Gasteiger partial charge on any atom is -0.468 e. The third kappa shape index (κ3) is 12.2. The third-order valence-electron chi connectivity index (χ3n) is 8.96. The zero-order chi connectivity index (χ0) is 38.8. The summed E-state index contributed by atoms with van der Waals surface area (Å²) < 4.78 is 16.2. The summed E-state index contributed by atoms with van der Waals surface area (Å²) in [4.78, 5) is 69.2. The van der Waals surface area contributed by atoms with Gasteiger partial charge in [0.25, 0.3) is 5.91 Å². The van der Waals surface area contributed by atoms with Crippen molar-refractivity contribution < 1.29 is 38.2 Å². The molecule has 1 aliphatic heterocycles. The Kier molecular flexibility index (Phi) is 15.1. The molecule has 1 saturated heterocycles. The quantitative estimate of drug-likeness (QED) is 0.126. The number of aromatic nitrogens is 1. The van der Waals surface area contributed by atoms with Gasteiger partial charge in [0.1, 0.15) is 24.2 Å². The summed E-state index contributed by atoms with van der Waals surface area (Å²) in [6.07, 6.45) is 4.24. The van der Waals surface area contributed by atoms with E-state index in [1.54, 1.807) is 26.8 Å². The number of hydrogen-bond acceptors (Lipinski definition) is 10. The number of hydrogen-bond donors (Lipinski definition) is 3. The second-order valence-electron chi connectivity index (χ2n) is 15.3. The highest BCUT2D eigenvalue weighted by molar-refractivity contribution is 6.76. The monoisotopic (exact) mass is 739 g/mol. The number of pyridine rings is 1. The number of rotatable bonds is 16. The molecule has 0 saturated carbocycles. The average molecular weight is 740 g/mol. The van der Waals surface area contributed by atoms with E-state index in [4.69, 9.17) is 19.2 Å². The van der Waals surface area contributed by atoms with Crippen molar-refractivity contribution in [3.05, 3.63) is 47.7 Å². The molecule has 3 N–H and O–H groups in total. The lowest BCUT2D eigenvalue weighted by molar-refractivity contribution is -0.151. The maximum Gasteiger partial charge on any atom is 0.324 e. The van der Waals surface area contributed by atoms with E-state index in [1.807, 2.05) is 50.3 Å². The first-order valence-corrected chi connectivity index (χ1v) is 21.7. The van der Waals surface area contributed by atoms with Gasteiger partial charge < -0.3 is 24.8 Å². The highest BCUT2D eigenvalue weighted by Crippen LogP contribution is 2.25. The predicted molar refractivity (Wildman–Crippen MR) is 202 cm³/mol. The smallest absolute Gasteiger partial charge is 0.324 e. The Bertz CT molecular complexity index is 1630. The molecule has 2 heterocycles. The summed E-state index contributed by atoms with van der Waals surface area (Å²) in [7, 11) is -0.102. The summed E-state index contributed by atoms with van der Waals surface area (Å²) in [5.41, 5.74) is 3.85. The molecule has 1 fully saturated rings. The molecule has 1 aromatic heterocycles. The van der Waals surface area contributed by atoms with Crippen LogP contribution in [0.4, 0.5) is 0 Å². The molecule has 1 aliphatic rings. The lowest BCUT2D eigenvalue weighted by Gasteiger charge is -2.34. The maximum atomic E-state index is 14.1. The Morgan fingerprint density at radius 1 is 1.08 bits per heavy atom. The number of carbonyl (C=O) groups is 5. The number of benzene rings is 1. The molecule has 5 atom stereocenters. The molecule has 13 nitrogen and oxygen atoms in total. The van der Waals surface area contributed by atoms with E-state index in [0.29, 0.717) is 37.2 Å². The molecular formula is C38H57N5O8Si. The topological polar surface area (TPSA) is 165 Å². The molecule has 286 valence electrons. The van der Waals surface area contributed by atoms with E-state index in [0.717, 1.165) is 17.0 Å². The van der Waals surface area contributed by atoms with Crippen LogP contribution >= 0.6 is 0 Å². The number of fused-ring (bicyclic) bond motifs is 1. The molecule has 14 heteroatoms. The molecular weight excluding hydrogens is 683 g/mol. The average Bonchev–Trinajstić information content (AvgIpc) is 3.09. The van der Waals surface area contributed by atoms with Crippen LogP contribution in [0.15, 0.2) is 36.4 Å². The van der Waals surface area contributed by atoms with Crippen molar-refractivity contribution in [2.45, 2.75) is 104 Å². The number of ether oxygens (including phenoxy) is 3. The summed E-state index contributed by atoms with van der Waals surface area (Å²) in [6.45, 7) is 17.8. The van der Waals surface area contributed by atoms with Crippen LogP contribution in [0.2, 0.25) is 25.7 Å². The van der Waals surface area contributed by atoms with Gasteiger partial charge in [-0.25, -0.2) is 10.4 Å². The number of amides is 3. The number of hydrazine groups is 1. The van der Waals surface area contributed by atoms with E-state index in [-0.39, 0.29) is 18.5 Å². The van der Waals surface area contributed by atoms with Crippen LogP contribution in [0.3, 0.4) is 0 Å². The van der Waals surface area contributed by atoms with Crippen LogP contribution in [-0.2, 0) is 38.2 Å². The minimum absolute atomic E-state index is 0.0823. The molecule has 0 bridgehead atoms. The standard InChI is InChI=1S/C38H57N5O8Si/c1-24(2)33(34(45)39-25(3)35(46)43-19-11-12-31(42-43)36(47)49-7)41-37(48)38(6,23-50-20-21-52(8,9)10)18-17-28-13-14-29-15-16-30(40-32(29)22-28)26(4)51-27(5)44/h13-18,22,24-26,31,33,42H,11-12,19-21,23H2,1-10H3,(H,39,45)(H,41,48)/b18-17+/t25-,26+,31-,33-,38-/m0/s1. The van der Waals surface area contributed by atoms with E-state index in [2.05, 4.69) is 35.7 Å². The van der Waals surface area contributed by atoms with E-state index in [1.165, 1.54) is 19.0 Å². The molecule has 1 aromatic carbocycles.